The molecule has 152 valence electrons. The van der Waals surface area contributed by atoms with Gasteiger partial charge >= 0.3 is 0 Å². The Balaban J connectivity index is 1.46. The van der Waals surface area contributed by atoms with E-state index in [-0.39, 0.29) is 35.3 Å². The van der Waals surface area contributed by atoms with Crippen LogP contribution in [0.4, 0.5) is 0 Å². The van der Waals surface area contributed by atoms with E-state index in [1.807, 2.05) is 0 Å². The van der Waals surface area contributed by atoms with Crippen LogP contribution < -0.4 is 10.5 Å². The lowest BCUT2D eigenvalue weighted by Crippen LogP contribution is -2.50. The number of primary amides is 1. The molecule has 1 aromatic carbocycles. The molecule has 0 aliphatic carbocycles. The quantitative estimate of drug-likeness (QED) is 0.527. The van der Waals surface area contributed by atoms with Gasteiger partial charge in [0.1, 0.15) is 18.0 Å². The zero-order valence-electron chi connectivity index (χ0n) is 15.4. The van der Waals surface area contributed by atoms with E-state index in [4.69, 9.17) is 10.5 Å². The topological polar surface area (TPSA) is 151 Å². The summed E-state index contributed by atoms with van der Waals surface area (Å²) in [5.74, 6) is -0.540. The molecule has 0 atom stereocenters. The molecule has 1 amide bonds. The van der Waals surface area contributed by atoms with Gasteiger partial charge in [-0.05, 0) is 18.2 Å². The molecule has 0 unspecified atom stereocenters. The predicted octanol–water partition coefficient (Wildman–Crippen LogP) is -0.729. The van der Waals surface area contributed by atoms with E-state index in [9.17, 15) is 13.2 Å². The maximum atomic E-state index is 12.9. The lowest BCUT2D eigenvalue weighted by molar-refractivity contribution is 0.0997. The van der Waals surface area contributed by atoms with Crippen LogP contribution in [0.3, 0.4) is 0 Å². The standard InChI is InChI=1S/C16H18N8O4S/c1-28-15-3-2-13(6-14(15)16(17)25)29(26,27)22-9-12(10-22)23-7-11(20-21-23)8-24-18-4-5-19-24/h2-7,12H,8-10H2,1H3,(H2,17,25). The van der Waals surface area contributed by atoms with Crippen molar-refractivity contribution in [3.05, 3.63) is 48.0 Å². The lowest BCUT2D eigenvalue weighted by atomic mass is 10.2. The van der Waals surface area contributed by atoms with E-state index in [0.29, 0.717) is 12.2 Å². The van der Waals surface area contributed by atoms with Gasteiger partial charge in [0.2, 0.25) is 10.0 Å². The molecule has 1 fully saturated rings. The van der Waals surface area contributed by atoms with Gasteiger partial charge in [0.05, 0.1) is 42.2 Å². The second-order valence-electron chi connectivity index (χ2n) is 6.45. The summed E-state index contributed by atoms with van der Waals surface area (Å²) in [5, 5.41) is 16.2. The van der Waals surface area contributed by atoms with Crippen LogP contribution in [0, 0.1) is 0 Å². The maximum absolute atomic E-state index is 12.9. The number of carbonyl (C=O) groups excluding carboxylic acids is 1. The van der Waals surface area contributed by atoms with Crippen LogP contribution in [0.1, 0.15) is 22.1 Å². The summed E-state index contributed by atoms with van der Waals surface area (Å²) in [6.45, 7) is 0.857. The van der Waals surface area contributed by atoms with Crippen molar-refractivity contribution in [2.24, 2.45) is 5.73 Å². The van der Waals surface area contributed by atoms with Gasteiger partial charge in [0, 0.05) is 13.1 Å². The number of methoxy groups -OCH3 is 1. The number of carbonyl (C=O) groups is 1. The monoisotopic (exact) mass is 418 g/mol. The minimum absolute atomic E-state index is 0.0128. The Morgan fingerprint density at radius 1 is 1.28 bits per heavy atom. The Bertz CT molecular complexity index is 1140. The molecule has 4 rings (SSSR count). The van der Waals surface area contributed by atoms with Crippen LogP contribution in [-0.4, -0.2) is 68.8 Å². The van der Waals surface area contributed by atoms with E-state index in [2.05, 4.69) is 20.5 Å². The first-order valence-electron chi connectivity index (χ1n) is 8.61. The fraction of sp³-hybridized carbons (Fsp3) is 0.312. The Morgan fingerprint density at radius 3 is 2.66 bits per heavy atom. The largest absolute Gasteiger partial charge is 0.496 e. The average molecular weight is 418 g/mol. The maximum Gasteiger partial charge on any atom is 0.252 e. The minimum Gasteiger partial charge on any atom is -0.496 e. The van der Waals surface area contributed by atoms with Gasteiger partial charge in [-0.25, -0.2) is 13.1 Å². The Hall–Kier alpha value is -3.32. The van der Waals surface area contributed by atoms with Crippen molar-refractivity contribution in [1.82, 2.24) is 34.3 Å². The summed E-state index contributed by atoms with van der Waals surface area (Å²) in [6, 6.07) is 3.90. The van der Waals surface area contributed by atoms with Gasteiger partial charge in [-0.1, -0.05) is 5.21 Å². The average Bonchev–Trinajstić information content (AvgIpc) is 3.32. The molecule has 1 saturated heterocycles. The van der Waals surface area contributed by atoms with Gasteiger partial charge in [-0.15, -0.1) is 5.10 Å². The van der Waals surface area contributed by atoms with Gasteiger partial charge in [0.15, 0.2) is 0 Å². The van der Waals surface area contributed by atoms with Gasteiger partial charge < -0.3 is 10.5 Å². The van der Waals surface area contributed by atoms with E-state index < -0.39 is 15.9 Å². The molecule has 2 aromatic heterocycles. The van der Waals surface area contributed by atoms with Crippen molar-refractivity contribution < 1.29 is 17.9 Å². The third-order valence-electron chi connectivity index (χ3n) is 4.60. The van der Waals surface area contributed by atoms with Crippen LogP contribution in [0.15, 0.2) is 41.7 Å². The fourth-order valence-corrected chi connectivity index (χ4v) is 4.55. The highest BCUT2D eigenvalue weighted by molar-refractivity contribution is 7.89. The number of nitrogens with two attached hydrogens (primary N) is 1. The third-order valence-corrected chi connectivity index (χ3v) is 6.43. The summed E-state index contributed by atoms with van der Waals surface area (Å²) in [5.41, 5.74) is 6.00. The van der Waals surface area contributed by atoms with Crippen LogP contribution in [0.5, 0.6) is 5.75 Å². The van der Waals surface area contributed by atoms with Gasteiger partial charge in [-0.2, -0.15) is 19.3 Å². The number of hydrogen-bond acceptors (Lipinski definition) is 8. The van der Waals surface area contributed by atoms with Crippen molar-refractivity contribution in [2.75, 3.05) is 20.2 Å². The smallest absolute Gasteiger partial charge is 0.252 e. The molecule has 0 saturated carbocycles. The van der Waals surface area contributed by atoms with Crippen molar-refractivity contribution in [2.45, 2.75) is 17.5 Å². The molecule has 0 radical (unpaired) electrons. The van der Waals surface area contributed by atoms with Gasteiger partial charge in [0.25, 0.3) is 5.91 Å². The molecule has 3 heterocycles. The highest BCUT2D eigenvalue weighted by Crippen LogP contribution is 2.30. The van der Waals surface area contributed by atoms with Crippen molar-refractivity contribution >= 4 is 15.9 Å². The molecule has 1 aliphatic rings. The number of nitrogens with zero attached hydrogens (tertiary/aromatic N) is 7. The highest BCUT2D eigenvalue weighted by atomic mass is 32.2. The zero-order valence-corrected chi connectivity index (χ0v) is 16.2. The van der Waals surface area contributed by atoms with Crippen molar-refractivity contribution in [1.29, 1.82) is 0 Å². The number of sulfonamides is 1. The predicted molar refractivity (Wildman–Crippen MR) is 98.5 cm³/mol. The number of amides is 1. The Morgan fingerprint density at radius 2 is 2.00 bits per heavy atom. The molecule has 1 aliphatic heterocycles. The molecule has 3 aromatic rings. The SMILES string of the molecule is COc1ccc(S(=O)(=O)N2CC(n3cc(Cn4nccn4)nn3)C2)cc1C(N)=O. The molecule has 29 heavy (non-hydrogen) atoms. The minimum atomic E-state index is -3.77. The Labute approximate surface area is 165 Å². The van der Waals surface area contributed by atoms with E-state index >= 15 is 0 Å². The zero-order chi connectivity index (χ0) is 20.6. The second kappa shape index (κ2) is 7.25. The number of ether oxygens (including phenoxy) is 1. The number of aromatic nitrogens is 6. The summed E-state index contributed by atoms with van der Waals surface area (Å²) in [6.07, 6.45) is 4.89. The van der Waals surface area contributed by atoms with E-state index in [0.717, 1.165) is 0 Å². The molecule has 13 heteroatoms. The first-order chi connectivity index (χ1) is 13.9. The summed E-state index contributed by atoms with van der Waals surface area (Å²) in [4.78, 5) is 13.0. The molecule has 2 N–H and O–H groups in total. The van der Waals surface area contributed by atoms with Gasteiger partial charge in [-0.3, -0.25) is 4.79 Å². The summed E-state index contributed by atoms with van der Waals surface area (Å²) < 4.78 is 33.7. The first-order valence-corrected chi connectivity index (χ1v) is 10.1. The second-order valence-corrected chi connectivity index (χ2v) is 8.39. The van der Waals surface area contributed by atoms with Crippen LogP contribution >= 0.6 is 0 Å². The van der Waals surface area contributed by atoms with Crippen molar-refractivity contribution in [3.8, 4) is 5.75 Å². The Kier molecular flexibility index (Phi) is 4.76. The van der Waals surface area contributed by atoms with E-state index in [1.165, 1.54) is 34.4 Å². The molecule has 12 nitrogen and oxygen atoms in total. The molecular formula is C16H18N8O4S. The van der Waals surface area contributed by atoms with Crippen LogP contribution in [0.2, 0.25) is 0 Å². The summed E-state index contributed by atoms with van der Waals surface area (Å²) >= 11 is 0. The number of benzene rings is 1. The fourth-order valence-electron chi connectivity index (χ4n) is 3.00. The lowest BCUT2D eigenvalue weighted by Gasteiger charge is -2.37. The highest BCUT2D eigenvalue weighted by Gasteiger charge is 2.38. The third kappa shape index (κ3) is 3.56. The normalized spacial score (nSPS) is 15.2. The van der Waals surface area contributed by atoms with E-state index in [1.54, 1.807) is 23.3 Å². The molecule has 0 bridgehead atoms. The van der Waals surface area contributed by atoms with Crippen molar-refractivity contribution in [3.63, 3.8) is 0 Å². The summed E-state index contributed by atoms with van der Waals surface area (Å²) in [7, 11) is -2.39. The number of rotatable bonds is 7. The molecule has 0 spiro atoms. The first kappa shape index (κ1) is 19.0. The van der Waals surface area contributed by atoms with Crippen LogP contribution in [-0.2, 0) is 16.6 Å². The number of hydrogen-bond donors (Lipinski definition) is 1. The molecular weight excluding hydrogens is 400 g/mol. The van der Waals surface area contributed by atoms with Crippen LogP contribution in [0.25, 0.3) is 0 Å².